The molecule has 1 fully saturated rings. The van der Waals surface area contributed by atoms with Crippen LogP contribution in [0.5, 0.6) is 0 Å². The van der Waals surface area contributed by atoms with Crippen LogP contribution in [-0.4, -0.2) is 68.4 Å². The number of carbonyl (C=O) groups excluding carboxylic acids is 1. The average molecular weight is 451 g/mol. The fraction of sp³-hybridized carbons (Fsp3) is 0.450. The van der Waals surface area contributed by atoms with Crippen LogP contribution in [-0.2, 0) is 38.3 Å². The summed E-state index contributed by atoms with van der Waals surface area (Å²) in [6.07, 6.45) is 0. The van der Waals surface area contributed by atoms with E-state index in [1.54, 1.807) is 24.3 Å². The number of hydrogen-bond donors (Lipinski definition) is 1. The molecule has 1 aromatic carbocycles. The Labute approximate surface area is 180 Å². The van der Waals surface area contributed by atoms with Gasteiger partial charge in [-0.15, -0.1) is 0 Å². The third kappa shape index (κ3) is 6.20. The molecule has 0 unspecified atom stereocenters. The van der Waals surface area contributed by atoms with Crippen molar-refractivity contribution in [1.29, 1.82) is 0 Å². The molecule has 2 aromatic rings. The summed E-state index contributed by atoms with van der Waals surface area (Å²) in [5.74, 6) is -0.615. The normalized spacial score (nSPS) is 15.0. The summed E-state index contributed by atoms with van der Waals surface area (Å²) in [5, 5.41) is 6.81. The monoisotopic (exact) mass is 450 g/mol. The van der Waals surface area contributed by atoms with E-state index >= 15 is 0 Å². The lowest BCUT2D eigenvalue weighted by Crippen LogP contribution is -2.41. The fourth-order valence-electron chi connectivity index (χ4n) is 3.16. The van der Waals surface area contributed by atoms with Crippen LogP contribution in [0.2, 0.25) is 0 Å². The minimum absolute atomic E-state index is 0.0918. The van der Waals surface area contributed by atoms with E-state index in [2.05, 4.69) is 10.4 Å². The van der Waals surface area contributed by atoms with Crippen molar-refractivity contribution in [2.24, 2.45) is 0 Å². The molecule has 168 valence electrons. The Morgan fingerprint density at radius 2 is 1.87 bits per heavy atom. The maximum atomic E-state index is 12.8. The quantitative estimate of drug-likeness (QED) is 0.570. The highest BCUT2D eigenvalue weighted by Crippen LogP contribution is 2.16. The molecule has 1 aromatic heterocycles. The Balaban J connectivity index is 1.68. The predicted molar refractivity (Wildman–Crippen MR) is 113 cm³/mol. The smallest absolute Gasteiger partial charge is 0.271 e. The van der Waals surface area contributed by atoms with Gasteiger partial charge in [-0.25, -0.2) is 13.1 Å². The Bertz CT molecular complexity index is 1060. The van der Waals surface area contributed by atoms with Gasteiger partial charge >= 0.3 is 0 Å². The highest BCUT2D eigenvalue weighted by molar-refractivity contribution is 7.88. The minimum Gasteiger partial charge on any atom is -0.383 e. The van der Waals surface area contributed by atoms with Gasteiger partial charge in [-0.05, 0) is 17.2 Å². The van der Waals surface area contributed by atoms with Gasteiger partial charge in [0, 0.05) is 32.8 Å². The summed E-state index contributed by atoms with van der Waals surface area (Å²) in [6.45, 7) is 2.11. The molecule has 2 heterocycles. The number of amides is 1. The number of hydrogen-bond acceptors (Lipinski definition) is 7. The molecule has 0 saturated carbocycles. The minimum atomic E-state index is -3.49. The summed E-state index contributed by atoms with van der Waals surface area (Å²) >= 11 is 0. The highest BCUT2D eigenvalue weighted by atomic mass is 32.2. The van der Waals surface area contributed by atoms with E-state index in [4.69, 9.17) is 9.47 Å². The summed E-state index contributed by atoms with van der Waals surface area (Å²) in [6, 6.07) is 9.70. The van der Waals surface area contributed by atoms with Crippen molar-refractivity contribution in [2.75, 3.05) is 40.0 Å². The molecule has 0 aliphatic carbocycles. The van der Waals surface area contributed by atoms with Crippen molar-refractivity contribution in [3.8, 4) is 0 Å². The molecular weight excluding hydrogens is 424 g/mol. The lowest BCUT2D eigenvalue weighted by Gasteiger charge is -2.26. The number of benzene rings is 1. The van der Waals surface area contributed by atoms with Crippen molar-refractivity contribution >= 4 is 15.9 Å². The van der Waals surface area contributed by atoms with Crippen LogP contribution < -0.4 is 10.9 Å². The molecule has 10 nitrogen and oxygen atoms in total. The summed E-state index contributed by atoms with van der Waals surface area (Å²) in [7, 11) is -1.98. The SMILES string of the molecule is COCCn1nc(C(=O)NCc2ccccc2CS(=O)(=O)N2CCOCC2)ccc1=O. The molecule has 11 heteroatoms. The molecule has 0 bridgehead atoms. The number of aromatic nitrogens is 2. The fourth-order valence-corrected chi connectivity index (χ4v) is 4.72. The Kier molecular flexibility index (Phi) is 7.91. The largest absolute Gasteiger partial charge is 0.383 e. The second kappa shape index (κ2) is 10.6. The van der Waals surface area contributed by atoms with Crippen molar-refractivity contribution in [2.45, 2.75) is 18.8 Å². The van der Waals surface area contributed by atoms with Crippen LogP contribution in [0.4, 0.5) is 0 Å². The number of sulfonamides is 1. The van der Waals surface area contributed by atoms with Crippen LogP contribution in [0.3, 0.4) is 0 Å². The number of carbonyl (C=O) groups is 1. The van der Waals surface area contributed by atoms with E-state index in [-0.39, 0.29) is 30.1 Å². The summed E-state index contributed by atoms with van der Waals surface area (Å²) < 4.78 is 38.3. The zero-order valence-corrected chi connectivity index (χ0v) is 18.1. The van der Waals surface area contributed by atoms with E-state index in [9.17, 15) is 18.0 Å². The molecule has 1 N–H and O–H groups in total. The topological polar surface area (TPSA) is 120 Å². The van der Waals surface area contributed by atoms with Crippen LogP contribution >= 0.6 is 0 Å². The van der Waals surface area contributed by atoms with Gasteiger partial charge in [0.2, 0.25) is 10.0 Å². The van der Waals surface area contributed by atoms with Gasteiger partial charge in [0.1, 0.15) is 5.69 Å². The standard InChI is InChI=1S/C20H26N4O6S/c1-29-11-10-24-19(25)7-6-18(22-24)20(26)21-14-16-4-2-3-5-17(16)15-31(27,28)23-8-12-30-13-9-23/h2-7H,8-15H2,1H3,(H,21,26). The lowest BCUT2D eigenvalue weighted by atomic mass is 10.1. The van der Waals surface area contributed by atoms with Gasteiger partial charge < -0.3 is 14.8 Å². The van der Waals surface area contributed by atoms with Crippen LogP contribution in [0.1, 0.15) is 21.6 Å². The molecular formula is C20H26N4O6S. The van der Waals surface area contributed by atoms with Crippen molar-refractivity contribution in [1.82, 2.24) is 19.4 Å². The molecule has 1 amide bonds. The average Bonchev–Trinajstić information content (AvgIpc) is 2.78. The number of methoxy groups -OCH3 is 1. The van der Waals surface area contributed by atoms with Gasteiger partial charge in [-0.1, -0.05) is 24.3 Å². The number of morpholine rings is 1. The number of nitrogens with one attached hydrogen (secondary N) is 1. The maximum Gasteiger partial charge on any atom is 0.271 e. The van der Waals surface area contributed by atoms with Gasteiger partial charge in [0.25, 0.3) is 11.5 Å². The number of nitrogens with zero attached hydrogens (tertiary/aromatic N) is 3. The zero-order valence-electron chi connectivity index (χ0n) is 17.3. The van der Waals surface area contributed by atoms with Crippen LogP contribution in [0.25, 0.3) is 0 Å². The first-order valence-electron chi connectivity index (χ1n) is 9.88. The number of rotatable bonds is 9. The van der Waals surface area contributed by atoms with Crippen molar-refractivity contribution < 1.29 is 22.7 Å². The molecule has 31 heavy (non-hydrogen) atoms. The van der Waals surface area contributed by atoms with E-state index in [1.165, 1.54) is 28.2 Å². The molecule has 0 spiro atoms. The van der Waals surface area contributed by atoms with Crippen LogP contribution in [0.15, 0.2) is 41.2 Å². The van der Waals surface area contributed by atoms with Gasteiger partial charge in [-0.2, -0.15) is 9.40 Å². The van der Waals surface area contributed by atoms with E-state index in [0.717, 1.165) is 0 Å². The van der Waals surface area contributed by atoms with E-state index < -0.39 is 15.9 Å². The van der Waals surface area contributed by atoms with Gasteiger partial charge in [0.15, 0.2) is 0 Å². The molecule has 0 radical (unpaired) electrons. The predicted octanol–water partition coefficient (Wildman–Crippen LogP) is -0.0183. The van der Waals surface area contributed by atoms with Gasteiger partial charge in [-0.3, -0.25) is 9.59 Å². The first kappa shape index (κ1) is 23.1. The summed E-state index contributed by atoms with van der Waals surface area (Å²) in [4.78, 5) is 24.4. The van der Waals surface area contributed by atoms with Crippen molar-refractivity contribution in [3.05, 3.63) is 63.6 Å². The third-order valence-corrected chi connectivity index (χ3v) is 6.69. The Morgan fingerprint density at radius 1 is 1.16 bits per heavy atom. The van der Waals surface area contributed by atoms with Crippen molar-refractivity contribution in [3.63, 3.8) is 0 Å². The van der Waals surface area contributed by atoms with Crippen LogP contribution in [0, 0.1) is 0 Å². The van der Waals surface area contributed by atoms with Gasteiger partial charge in [0.05, 0.1) is 32.1 Å². The van der Waals surface area contributed by atoms with E-state index in [0.29, 0.717) is 44.0 Å². The second-order valence-corrected chi connectivity index (χ2v) is 8.96. The summed E-state index contributed by atoms with van der Waals surface area (Å²) in [5.41, 5.74) is 1.08. The first-order chi connectivity index (χ1) is 14.9. The highest BCUT2D eigenvalue weighted by Gasteiger charge is 2.25. The molecule has 1 saturated heterocycles. The first-order valence-corrected chi connectivity index (χ1v) is 11.5. The molecule has 1 aliphatic rings. The molecule has 3 rings (SSSR count). The number of ether oxygens (including phenoxy) is 2. The Morgan fingerprint density at radius 3 is 2.58 bits per heavy atom. The molecule has 0 atom stereocenters. The molecule has 1 aliphatic heterocycles. The maximum absolute atomic E-state index is 12.8. The second-order valence-electron chi connectivity index (χ2n) is 6.99. The Hall–Kier alpha value is -2.60. The zero-order chi connectivity index (χ0) is 22.3. The van der Waals surface area contributed by atoms with E-state index in [1.807, 2.05) is 0 Å². The lowest BCUT2D eigenvalue weighted by molar-refractivity contribution is 0.0729. The third-order valence-electron chi connectivity index (χ3n) is 4.87.